The molecule has 0 saturated heterocycles. The van der Waals surface area contributed by atoms with Crippen molar-refractivity contribution in [2.24, 2.45) is 0 Å². The van der Waals surface area contributed by atoms with Crippen molar-refractivity contribution in [1.82, 2.24) is 5.32 Å². The van der Waals surface area contributed by atoms with Gasteiger partial charge in [0, 0.05) is 10.5 Å². The van der Waals surface area contributed by atoms with Gasteiger partial charge in [-0.25, -0.2) is 0 Å². The molecular weight excluding hydrogens is 334 g/mol. The molecule has 1 N–H and O–H groups in total. The lowest BCUT2D eigenvalue weighted by atomic mass is 9.98. The number of halogens is 2. The molecule has 0 aliphatic rings. The van der Waals surface area contributed by atoms with Crippen LogP contribution in [0.15, 0.2) is 53.0 Å². The molecule has 1 nitrogen and oxygen atoms in total. The summed E-state index contributed by atoms with van der Waals surface area (Å²) in [4.78, 5) is 0. The Morgan fingerprint density at radius 1 is 1.10 bits per heavy atom. The zero-order chi connectivity index (χ0) is 14.4. The fraction of sp³-hybridized carbons (Fsp3) is 0.294. The van der Waals surface area contributed by atoms with E-state index >= 15 is 0 Å². The summed E-state index contributed by atoms with van der Waals surface area (Å²) in [6.45, 7) is 3.16. The van der Waals surface area contributed by atoms with Crippen molar-refractivity contribution in [3.63, 3.8) is 0 Å². The number of rotatable bonds is 6. The van der Waals surface area contributed by atoms with Gasteiger partial charge < -0.3 is 5.32 Å². The van der Waals surface area contributed by atoms with Gasteiger partial charge in [-0.05, 0) is 52.5 Å². The second-order valence-electron chi connectivity index (χ2n) is 4.84. The van der Waals surface area contributed by atoms with Gasteiger partial charge in [-0.1, -0.05) is 61.0 Å². The molecule has 0 aromatic heterocycles. The van der Waals surface area contributed by atoms with Crippen LogP contribution in [-0.4, -0.2) is 6.54 Å². The van der Waals surface area contributed by atoms with Gasteiger partial charge in [-0.3, -0.25) is 0 Å². The largest absolute Gasteiger partial charge is 0.310 e. The fourth-order valence-electron chi connectivity index (χ4n) is 2.25. The van der Waals surface area contributed by atoms with E-state index in [2.05, 4.69) is 58.5 Å². The van der Waals surface area contributed by atoms with E-state index in [9.17, 15) is 0 Å². The van der Waals surface area contributed by atoms with E-state index in [-0.39, 0.29) is 6.04 Å². The van der Waals surface area contributed by atoms with Crippen LogP contribution < -0.4 is 5.32 Å². The highest BCUT2D eigenvalue weighted by molar-refractivity contribution is 9.10. The van der Waals surface area contributed by atoms with Crippen molar-refractivity contribution in [2.75, 3.05) is 6.54 Å². The molecule has 2 aromatic rings. The first kappa shape index (κ1) is 15.6. The van der Waals surface area contributed by atoms with Gasteiger partial charge in [0.2, 0.25) is 0 Å². The maximum Gasteiger partial charge on any atom is 0.0595 e. The Labute approximate surface area is 134 Å². The molecule has 0 aliphatic carbocycles. The Hall–Kier alpha value is -0.830. The standard InChI is InChI=1S/C17H19BrClN/c1-2-11-20-16(12-13-7-4-3-5-8-13)14-9-6-10-15(18)17(14)19/h3-10,16,20H,2,11-12H2,1H3. The summed E-state index contributed by atoms with van der Waals surface area (Å²) >= 11 is 9.95. The maximum atomic E-state index is 6.45. The summed E-state index contributed by atoms with van der Waals surface area (Å²) in [5, 5.41) is 4.40. The minimum absolute atomic E-state index is 0.238. The lowest BCUT2D eigenvalue weighted by Crippen LogP contribution is -2.24. The molecule has 106 valence electrons. The normalized spacial score (nSPS) is 12.3. The van der Waals surface area contributed by atoms with Crippen LogP contribution in [0.25, 0.3) is 0 Å². The van der Waals surface area contributed by atoms with Crippen molar-refractivity contribution >= 4 is 27.5 Å². The summed E-state index contributed by atoms with van der Waals surface area (Å²) < 4.78 is 0.952. The van der Waals surface area contributed by atoms with Crippen LogP contribution in [0.1, 0.15) is 30.5 Å². The van der Waals surface area contributed by atoms with E-state index in [0.29, 0.717) is 0 Å². The van der Waals surface area contributed by atoms with Crippen LogP contribution in [-0.2, 0) is 6.42 Å². The first-order chi connectivity index (χ1) is 9.72. The highest BCUT2D eigenvalue weighted by Gasteiger charge is 2.16. The smallest absolute Gasteiger partial charge is 0.0595 e. The molecule has 0 bridgehead atoms. The molecule has 1 unspecified atom stereocenters. The minimum Gasteiger partial charge on any atom is -0.310 e. The van der Waals surface area contributed by atoms with Crippen molar-refractivity contribution in [1.29, 1.82) is 0 Å². The average Bonchev–Trinajstić information content (AvgIpc) is 2.48. The first-order valence-corrected chi connectivity index (χ1v) is 8.10. The topological polar surface area (TPSA) is 12.0 Å². The van der Waals surface area contributed by atoms with E-state index in [1.165, 1.54) is 5.56 Å². The molecule has 0 radical (unpaired) electrons. The average molecular weight is 353 g/mol. The van der Waals surface area contributed by atoms with Gasteiger partial charge in [-0.15, -0.1) is 0 Å². The van der Waals surface area contributed by atoms with Crippen LogP contribution >= 0.6 is 27.5 Å². The molecule has 0 saturated carbocycles. The van der Waals surface area contributed by atoms with Gasteiger partial charge >= 0.3 is 0 Å². The van der Waals surface area contributed by atoms with Crippen LogP contribution in [0.5, 0.6) is 0 Å². The third-order valence-electron chi connectivity index (χ3n) is 3.28. The molecule has 2 rings (SSSR count). The Morgan fingerprint density at radius 3 is 2.55 bits per heavy atom. The van der Waals surface area contributed by atoms with Crippen molar-refractivity contribution < 1.29 is 0 Å². The van der Waals surface area contributed by atoms with Crippen LogP contribution in [0.2, 0.25) is 5.02 Å². The summed E-state index contributed by atoms with van der Waals surface area (Å²) in [6, 6.07) is 16.9. The van der Waals surface area contributed by atoms with Crippen molar-refractivity contribution in [2.45, 2.75) is 25.8 Å². The monoisotopic (exact) mass is 351 g/mol. The summed E-state index contributed by atoms with van der Waals surface area (Å²) in [5.74, 6) is 0. The molecule has 0 fully saturated rings. The van der Waals surface area contributed by atoms with Crippen LogP contribution in [0, 0.1) is 0 Å². The van der Waals surface area contributed by atoms with Crippen molar-refractivity contribution in [3.8, 4) is 0 Å². The number of benzene rings is 2. The number of hydrogen-bond donors (Lipinski definition) is 1. The van der Waals surface area contributed by atoms with Gasteiger partial charge in [-0.2, -0.15) is 0 Å². The summed E-state index contributed by atoms with van der Waals surface area (Å²) in [6.07, 6.45) is 2.05. The molecule has 2 aromatic carbocycles. The summed E-state index contributed by atoms with van der Waals surface area (Å²) in [5.41, 5.74) is 2.47. The SMILES string of the molecule is CCCNC(Cc1ccccc1)c1cccc(Br)c1Cl. The lowest BCUT2D eigenvalue weighted by molar-refractivity contribution is 0.529. The molecule has 1 atom stereocenters. The second-order valence-corrected chi connectivity index (χ2v) is 6.07. The second kappa shape index (κ2) is 7.82. The zero-order valence-electron chi connectivity index (χ0n) is 11.6. The minimum atomic E-state index is 0.238. The van der Waals surface area contributed by atoms with Crippen molar-refractivity contribution in [3.05, 3.63) is 69.2 Å². The molecule has 0 aliphatic heterocycles. The Balaban J connectivity index is 2.25. The van der Waals surface area contributed by atoms with E-state index < -0.39 is 0 Å². The fourth-order valence-corrected chi connectivity index (χ4v) is 2.89. The van der Waals surface area contributed by atoms with E-state index in [0.717, 1.165) is 34.4 Å². The van der Waals surface area contributed by atoms with Crippen LogP contribution in [0.3, 0.4) is 0 Å². The predicted octanol–water partition coefficient (Wildman–Crippen LogP) is 5.39. The third kappa shape index (κ3) is 4.08. The molecule has 0 amide bonds. The Kier molecular flexibility index (Phi) is 6.08. The quantitative estimate of drug-likeness (QED) is 0.735. The van der Waals surface area contributed by atoms with Gasteiger partial charge in [0.05, 0.1) is 5.02 Å². The van der Waals surface area contributed by atoms with E-state index in [1.807, 2.05) is 18.2 Å². The summed E-state index contributed by atoms with van der Waals surface area (Å²) in [7, 11) is 0. The third-order valence-corrected chi connectivity index (χ3v) is 4.59. The molecule has 20 heavy (non-hydrogen) atoms. The molecular formula is C17H19BrClN. The van der Waals surface area contributed by atoms with Gasteiger partial charge in [0.15, 0.2) is 0 Å². The highest BCUT2D eigenvalue weighted by Crippen LogP contribution is 2.31. The highest BCUT2D eigenvalue weighted by atomic mass is 79.9. The van der Waals surface area contributed by atoms with Gasteiger partial charge in [0.25, 0.3) is 0 Å². The number of nitrogens with one attached hydrogen (secondary N) is 1. The lowest BCUT2D eigenvalue weighted by Gasteiger charge is -2.21. The zero-order valence-corrected chi connectivity index (χ0v) is 13.9. The Morgan fingerprint density at radius 2 is 1.85 bits per heavy atom. The molecule has 0 spiro atoms. The number of hydrogen-bond acceptors (Lipinski definition) is 1. The van der Waals surface area contributed by atoms with Gasteiger partial charge in [0.1, 0.15) is 0 Å². The maximum absolute atomic E-state index is 6.45. The molecule has 0 heterocycles. The predicted molar refractivity (Wildman–Crippen MR) is 90.3 cm³/mol. The first-order valence-electron chi connectivity index (χ1n) is 6.93. The van der Waals surface area contributed by atoms with E-state index in [4.69, 9.17) is 11.6 Å². The van der Waals surface area contributed by atoms with E-state index in [1.54, 1.807) is 0 Å². The van der Waals surface area contributed by atoms with Crippen LogP contribution in [0.4, 0.5) is 0 Å². The Bertz CT molecular complexity index is 542. The molecule has 3 heteroatoms.